The van der Waals surface area contributed by atoms with Crippen LogP contribution >= 0.6 is 11.6 Å². The quantitative estimate of drug-likeness (QED) is 0.574. The number of carbonyl (C=O) groups excluding carboxylic acids is 1. The molecule has 0 aliphatic carbocycles. The highest BCUT2D eigenvalue weighted by Gasteiger charge is 2.24. The Bertz CT molecular complexity index is 1030. The molecule has 156 valence electrons. The lowest BCUT2D eigenvalue weighted by molar-refractivity contribution is 0.0596. The van der Waals surface area contributed by atoms with E-state index in [0.717, 1.165) is 19.6 Å². The molecule has 2 aromatic carbocycles. The first kappa shape index (κ1) is 20.8. The van der Waals surface area contributed by atoms with Crippen molar-refractivity contribution in [3.8, 4) is 0 Å². The van der Waals surface area contributed by atoms with E-state index in [2.05, 4.69) is 17.0 Å². The monoisotopic (exact) mass is 442 g/mol. The first-order chi connectivity index (χ1) is 14.6. The SMILES string of the molecule is O=C(c1ccc(C[S@](=O)c2cccc(Cl)c2)o1)N1CCN(Cc2ccccc2)CC1. The zero-order chi connectivity index (χ0) is 20.9. The largest absolute Gasteiger partial charge is 0.455 e. The minimum Gasteiger partial charge on any atom is -0.455 e. The molecule has 5 nitrogen and oxygen atoms in total. The van der Waals surface area contributed by atoms with E-state index >= 15 is 0 Å². The molecule has 30 heavy (non-hydrogen) atoms. The highest BCUT2D eigenvalue weighted by molar-refractivity contribution is 7.84. The van der Waals surface area contributed by atoms with Gasteiger partial charge in [-0.3, -0.25) is 13.9 Å². The van der Waals surface area contributed by atoms with Crippen LogP contribution < -0.4 is 0 Å². The molecule has 0 radical (unpaired) electrons. The summed E-state index contributed by atoms with van der Waals surface area (Å²) < 4.78 is 18.2. The smallest absolute Gasteiger partial charge is 0.289 e. The number of halogens is 1. The predicted molar refractivity (Wildman–Crippen MR) is 118 cm³/mol. The standard InChI is InChI=1S/C23H23ClN2O3S/c24-19-7-4-8-21(15-19)30(28)17-20-9-10-22(29-20)23(27)26-13-11-25(12-14-26)16-18-5-2-1-3-6-18/h1-10,15H,11-14,16-17H2/t30-/m0/s1. The summed E-state index contributed by atoms with van der Waals surface area (Å²) in [6.07, 6.45) is 0. The van der Waals surface area contributed by atoms with Crippen molar-refractivity contribution in [2.24, 2.45) is 0 Å². The molecule has 3 aromatic rings. The topological polar surface area (TPSA) is 53.8 Å². The summed E-state index contributed by atoms with van der Waals surface area (Å²) in [7, 11) is -1.28. The molecule has 0 saturated carbocycles. The number of furan rings is 1. The summed E-state index contributed by atoms with van der Waals surface area (Å²) >= 11 is 5.97. The van der Waals surface area contributed by atoms with Crippen LogP contribution in [-0.2, 0) is 23.1 Å². The lowest BCUT2D eigenvalue weighted by Gasteiger charge is -2.34. The molecule has 2 heterocycles. The Kier molecular flexibility index (Phi) is 6.67. The van der Waals surface area contributed by atoms with E-state index in [1.807, 2.05) is 23.1 Å². The van der Waals surface area contributed by atoms with Gasteiger partial charge in [0.1, 0.15) is 5.76 Å². The van der Waals surface area contributed by atoms with Crippen LogP contribution in [0, 0.1) is 0 Å². The maximum atomic E-state index is 12.8. The summed E-state index contributed by atoms with van der Waals surface area (Å²) in [6.45, 7) is 3.87. The molecule has 0 bridgehead atoms. The fraction of sp³-hybridized carbons (Fsp3) is 0.261. The molecule has 1 fully saturated rings. The van der Waals surface area contributed by atoms with Crippen LogP contribution in [0.4, 0.5) is 0 Å². The lowest BCUT2D eigenvalue weighted by atomic mass is 10.2. The number of carbonyl (C=O) groups is 1. The molecule has 1 saturated heterocycles. The fourth-order valence-corrected chi connectivity index (χ4v) is 4.82. The lowest BCUT2D eigenvalue weighted by Crippen LogP contribution is -2.48. The summed E-state index contributed by atoms with van der Waals surface area (Å²) in [5.74, 6) is 0.913. The molecule has 1 atom stereocenters. The second-order valence-corrected chi connectivity index (χ2v) is 9.15. The average molecular weight is 443 g/mol. The maximum absolute atomic E-state index is 12.8. The molecule has 1 aliphatic heterocycles. The van der Waals surface area contributed by atoms with Gasteiger partial charge in [-0.15, -0.1) is 0 Å². The summed E-state index contributed by atoms with van der Waals surface area (Å²) in [5, 5.41) is 0.544. The van der Waals surface area contributed by atoms with Crippen LogP contribution in [0.3, 0.4) is 0 Å². The third kappa shape index (κ3) is 5.19. The minimum absolute atomic E-state index is 0.117. The molecule has 1 aromatic heterocycles. The van der Waals surface area contributed by atoms with Crippen molar-refractivity contribution in [3.05, 3.63) is 88.8 Å². The van der Waals surface area contributed by atoms with Crippen molar-refractivity contribution in [2.45, 2.75) is 17.2 Å². The van der Waals surface area contributed by atoms with Gasteiger partial charge in [0.05, 0.1) is 16.6 Å². The number of amides is 1. The normalized spacial score (nSPS) is 15.8. The molecule has 0 N–H and O–H groups in total. The van der Waals surface area contributed by atoms with Crippen molar-refractivity contribution in [1.29, 1.82) is 0 Å². The second-order valence-electron chi connectivity index (χ2n) is 7.27. The van der Waals surface area contributed by atoms with E-state index in [1.165, 1.54) is 5.56 Å². The number of nitrogens with zero attached hydrogens (tertiary/aromatic N) is 2. The van der Waals surface area contributed by atoms with Gasteiger partial charge in [-0.25, -0.2) is 0 Å². The highest BCUT2D eigenvalue weighted by Crippen LogP contribution is 2.19. The zero-order valence-electron chi connectivity index (χ0n) is 16.5. The van der Waals surface area contributed by atoms with E-state index in [0.29, 0.717) is 34.5 Å². The number of hydrogen-bond acceptors (Lipinski definition) is 4. The number of benzene rings is 2. The first-order valence-corrected chi connectivity index (χ1v) is 11.6. The van der Waals surface area contributed by atoms with Gasteiger partial charge in [0.2, 0.25) is 0 Å². The second kappa shape index (κ2) is 9.60. The summed E-state index contributed by atoms with van der Waals surface area (Å²) in [4.78, 5) is 17.6. The number of rotatable bonds is 6. The van der Waals surface area contributed by atoms with Crippen LogP contribution in [0.25, 0.3) is 0 Å². The van der Waals surface area contributed by atoms with Gasteiger partial charge in [0.15, 0.2) is 5.76 Å². The van der Waals surface area contributed by atoms with Gasteiger partial charge in [0.25, 0.3) is 5.91 Å². The van der Waals surface area contributed by atoms with Gasteiger partial charge in [-0.05, 0) is 35.9 Å². The molecule has 4 rings (SSSR count). The summed E-state index contributed by atoms with van der Waals surface area (Å²) in [6, 6.07) is 20.7. The molecule has 0 spiro atoms. The Labute approximate surface area is 183 Å². The molecule has 0 unspecified atom stereocenters. The predicted octanol–water partition coefficient (Wildman–Crippen LogP) is 4.20. The number of hydrogen-bond donors (Lipinski definition) is 0. The first-order valence-electron chi connectivity index (χ1n) is 9.87. The van der Waals surface area contributed by atoms with E-state index in [-0.39, 0.29) is 11.7 Å². The molecule has 1 aliphatic rings. The minimum atomic E-state index is -1.28. The van der Waals surface area contributed by atoms with Crippen LogP contribution in [0.1, 0.15) is 21.9 Å². The molecule has 7 heteroatoms. The van der Waals surface area contributed by atoms with Crippen LogP contribution in [0.5, 0.6) is 0 Å². The Morgan fingerprint density at radius 1 is 0.967 bits per heavy atom. The molecule has 1 amide bonds. The van der Waals surface area contributed by atoms with Crippen molar-refractivity contribution in [3.63, 3.8) is 0 Å². The van der Waals surface area contributed by atoms with Gasteiger partial charge >= 0.3 is 0 Å². The van der Waals surface area contributed by atoms with E-state index in [4.69, 9.17) is 16.0 Å². The Morgan fingerprint density at radius 3 is 2.47 bits per heavy atom. The van der Waals surface area contributed by atoms with E-state index in [9.17, 15) is 9.00 Å². The van der Waals surface area contributed by atoms with Crippen molar-refractivity contribution >= 4 is 28.3 Å². The molecular weight excluding hydrogens is 420 g/mol. The highest BCUT2D eigenvalue weighted by atomic mass is 35.5. The Hall–Kier alpha value is -2.41. The van der Waals surface area contributed by atoms with Crippen LogP contribution in [-0.4, -0.2) is 46.1 Å². The third-order valence-corrected chi connectivity index (χ3v) is 6.67. The van der Waals surface area contributed by atoms with Crippen molar-refractivity contribution in [1.82, 2.24) is 9.80 Å². The Balaban J connectivity index is 1.31. The number of piperazine rings is 1. The third-order valence-electron chi connectivity index (χ3n) is 5.11. The maximum Gasteiger partial charge on any atom is 0.289 e. The fourth-order valence-electron chi connectivity index (χ4n) is 3.50. The summed E-state index contributed by atoms with van der Waals surface area (Å²) in [5.41, 5.74) is 1.28. The van der Waals surface area contributed by atoms with Crippen LogP contribution in [0.2, 0.25) is 5.02 Å². The van der Waals surface area contributed by atoms with Crippen molar-refractivity contribution in [2.75, 3.05) is 26.2 Å². The van der Waals surface area contributed by atoms with Gasteiger partial charge in [-0.2, -0.15) is 0 Å². The van der Waals surface area contributed by atoms with Gasteiger partial charge < -0.3 is 9.32 Å². The van der Waals surface area contributed by atoms with E-state index in [1.54, 1.807) is 36.4 Å². The van der Waals surface area contributed by atoms with Gasteiger partial charge in [-0.1, -0.05) is 48.0 Å². The van der Waals surface area contributed by atoms with E-state index < -0.39 is 10.8 Å². The average Bonchev–Trinajstić information content (AvgIpc) is 3.23. The Morgan fingerprint density at radius 2 is 1.73 bits per heavy atom. The zero-order valence-corrected chi connectivity index (χ0v) is 18.1. The molecular formula is C23H23ClN2O3S. The van der Waals surface area contributed by atoms with Crippen molar-refractivity contribution < 1.29 is 13.4 Å². The van der Waals surface area contributed by atoms with Crippen LogP contribution in [0.15, 0.2) is 76.0 Å². The van der Waals surface area contributed by atoms with Gasteiger partial charge in [0, 0.05) is 42.6 Å².